The minimum atomic E-state index is -1.11. The van der Waals surface area contributed by atoms with Crippen molar-refractivity contribution >= 4 is 7.12 Å². The molecule has 2 atom stereocenters. The van der Waals surface area contributed by atoms with Crippen LogP contribution in [-0.2, 0) is 0 Å². The van der Waals surface area contributed by atoms with E-state index >= 15 is 0 Å². The van der Waals surface area contributed by atoms with Gasteiger partial charge in [-0.25, -0.2) is 0 Å². The molecule has 2 N–H and O–H groups in total. The second-order valence-corrected chi connectivity index (χ2v) is 3.55. The Labute approximate surface area is 74.4 Å². The molecule has 0 aromatic carbocycles. The molecule has 1 aliphatic rings. The highest BCUT2D eigenvalue weighted by molar-refractivity contribution is 6.44. The average molecular weight is 168 g/mol. The smallest absolute Gasteiger partial charge is 0.427 e. The molecule has 0 aromatic heterocycles. The zero-order chi connectivity index (χ0) is 8.97. The molecule has 1 aliphatic carbocycles. The molecule has 0 bridgehead atoms. The summed E-state index contributed by atoms with van der Waals surface area (Å²) in [7, 11) is -1.11. The van der Waals surface area contributed by atoms with Gasteiger partial charge in [-0.2, -0.15) is 0 Å². The molecule has 1 rings (SSSR count). The molecule has 0 amide bonds. The third kappa shape index (κ3) is 2.99. The summed E-state index contributed by atoms with van der Waals surface area (Å²) in [6.45, 7) is 2.17. The van der Waals surface area contributed by atoms with E-state index in [0.29, 0.717) is 5.92 Å². The highest BCUT2D eigenvalue weighted by Crippen LogP contribution is 2.46. The maximum absolute atomic E-state index is 8.79. The van der Waals surface area contributed by atoms with Gasteiger partial charge in [-0.15, -0.1) is 0 Å². The Kier molecular flexibility index (Phi) is 3.82. The number of hydrogen-bond acceptors (Lipinski definition) is 2. The van der Waals surface area contributed by atoms with Crippen molar-refractivity contribution in [2.24, 2.45) is 5.92 Å². The molecule has 2 nitrogen and oxygen atoms in total. The van der Waals surface area contributed by atoms with E-state index in [-0.39, 0.29) is 5.82 Å². The summed E-state index contributed by atoms with van der Waals surface area (Å²) in [4.78, 5) is 0. The van der Waals surface area contributed by atoms with Crippen LogP contribution in [0.25, 0.3) is 0 Å². The molecule has 68 valence electrons. The zero-order valence-corrected chi connectivity index (χ0v) is 7.61. The van der Waals surface area contributed by atoms with Crippen molar-refractivity contribution in [3.63, 3.8) is 0 Å². The van der Waals surface area contributed by atoms with Crippen LogP contribution in [-0.4, -0.2) is 17.2 Å². The normalized spacial score (nSPS) is 27.9. The SMILES string of the molecule is CCCC/C=C/[C@@H]1C[C@H]1B(O)O. The molecule has 1 saturated carbocycles. The van der Waals surface area contributed by atoms with Crippen molar-refractivity contribution in [1.29, 1.82) is 0 Å². The van der Waals surface area contributed by atoms with Crippen molar-refractivity contribution in [3.8, 4) is 0 Å². The largest absolute Gasteiger partial charge is 0.455 e. The van der Waals surface area contributed by atoms with E-state index < -0.39 is 7.12 Å². The minimum absolute atomic E-state index is 0.114. The van der Waals surface area contributed by atoms with Crippen LogP contribution < -0.4 is 0 Å². The summed E-state index contributed by atoms with van der Waals surface area (Å²) in [5, 5.41) is 17.6. The van der Waals surface area contributed by atoms with E-state index in [1.54, 1.807) is 0 Å². The van der Waals surface area contributed by atoms with Crippen molar-refractivity contribution in [1.82, 2.24) is 0 Å². The van der Waals surface area contributed by atoms with Gasteiger partial charge >= 0.3 is 7.12 Å². The molecular formula is C9H17BO2. The summed E-state index contributed by atoms with van der Waals surface area (Å²) >= 11 is 0. The van der Waals surface area contributed by atoms with Gasteiger partial charge in [0, 0.05) is 5.82 Å². The molecular weight excluding hydrogens is 151 g/mol. The van der Waals surface area contributed by atoms with Crippen LogP contribution >= 0.6 is 0 Å². The van der Waals surface area contributed by atoms with Crippen LogP contribution in [0.1, 0.15) is 32.6 Å². The van der Waals surface area contributed by atoms with Crippen molar-refractivity contribution in [2.75, 3.05) is 0 Å². The van der Waals surface area contributed by atoms with Gasteiger partial charge < -0.3 is 10.0 Å². The molecule has 0 saturated heterocycles. The molecule has 0 radical (unpaired) electrons. The minimum Gasteiger partial charge on any atom is -0.427 e. The molecule has 0 spiro atoms. The van der Waals surface area contributed by atoms with Gasteiger partial charge in [-0.05, 0) is 18.8 Å². The maximum atomic E-state index is 8.79. The number of hydrogen-bond donors (Lipinski definition) is 2. The zero-order valence-electron chi connectivity index (χ0n) is 7.61. The molecule has 3 heteroatoms. The van der Waals surface area contributed by atoms with Crippen molar-refractivity contribution < 1.29 is 10.0 Å². The third-order valence-corrected chi connectivity index (χ3v) is 2.38. The summed E-state index contributed by atoms with van der Waals surface area (Å²) in [6.07, 6.45) is 8.81. The van der Waals surface area contributed by atoms with Gasteiger partial charge in [0.1, 0.15) is 0 Å². The van der Waals surface area contributed by atoms with E-state index in [1.165, 1.54) is 12.8 Å². The van der Waals surface area contributed by atoms with Crippen molar-refractivity contribution in [3.05, 3.63) is 12.2 Å². The predicted octanol–water partition coefficient (Wildman–Crippen LogP) is 1.60. The number of rotatable bonds is 5. The number of unbranched alkanes of at least 4 members (excludes halogenated alkanes) is 2. The molecule has 12 heavy (non-hydrogen) atoms. The summed E-state index contributed by atoms with van der Waals surface area (Å²) < 4.78 is 0. The Bertz CT molecular complexity index is 157. The van der Waals surface area contributed by atoms with E-state index in [4.69, 9.17) is 10.0 Å². The average Bonchev–Trinajstić information content (AvgIpc) is 2.77. The Morgan fingerprint density at radius 3 is 2.75 bits per heavy atom. The van der Waals surface area contributed by atoms with Crippen LogP contribution in [0, 0.1) is 5.92 Å². The highest BCUT2D eigenvalue weighted by atomic mass is 16.4. The topological polar surface area (TPSA) is 40.5 Å². The lowest BCUT2D eigenvalue weighted by Crippen LogP contribution is -2.10. The fraction of sp³-hybridized carbons (Fsp3) is 0.778. The quantitative estimate of drug-likeness (QED) is 0.371. The molecule has 1 fully saturated rings. The van der Waals surface area contributed by atoms with Gasteiger partial charge in [0.15, 0.2) is 0 Å². The first-order valence-corrected chi connectivity index (χ1v) is 4.78. The van der Waals surface area contributed by atoms with E-state index in [0.717, 1.165) is 12.8 Å². The first-order chi connectivity index (χ1) is 5.75. The third-order valence-electron chi connectivity index (χ3n) is 2.38. The lowest BCUT2D eigenvalue weighted by molar-refractivity contribution is 0.402. The fourth-order valence-corrected chi connectivity index (χ4v) is 1.39. The van der Waals surface area contributed by atoms with Crippen LogP contribution in [0.2, 0.25) is 5.82 Å². The van der Waals surface area contributed by atoms with Crippen molar-refractivity contribution in [2.45, 2.75) is 38.4 Å². The summed E-state index contributed by atoms with van der Waals surface area (Å²) in [5.74, 6) is 0.546. The van der Waals surface area contributed by atoms with Crippen LogP contribution in [0.4, 0.5) is 0 Å². The standard InChI is InChI=1S/C9H17BO2/c1-2-3-4-5-6-8-7-9(8)10(11)12/h5-6,8-9,11-12H,2-4,7H2,1H3/b6-5+/t8-,9-/m1/s1. The van der Waals surface area contributed by atoms with E-state index in [9.17, 15) is 0 Å². The van der Waals surface area contributed by atoms with Crippen LogP contribution in [0.15, 0.2) is 12.2 Å². The first-order valence-electron chi connectivity index (χ1n) is 4.78. The lowest BCUT2D eigenvalue weighted by Gasteiger charge is -1.91. The molecule has 0 heterocycles. The Morgan fingerprint density at radius 2 is 2.25 bits per heavy atom. The highest BCUT2D eigenvalue weighted by Gasteiger charge is 2.43. The lowest BCUT2D eigenvalue weighted by atomic mass is 9.82. The maximum Gasteiger partial charge on any atom is 0.455 e. The summed E-state index contributed by atoms with van der Waals surface area (Å²) in [6, 6.07) is 0. The Hall–Kier alpha value is -0.275. The molecule has 0 aromatic rings. The second-order valence-electron chi connectivity index (χ2n) is 3.55. The van der Waals surface area contributed by atoms with Crippen LogP contribution in [0.3, 0.4) is 0 Å². The van der Waals surface area contributed by atoms with Gasteiger partial charge in [0.05, 0.1) is 0 Å². The first kappa shape index (κ1) is 9.81. The van der Waals surface area contributed by atoms with Crippen LogP contribution in [0.5, 0.6) is 0 Å². The molecule has 0 aliphatic heterocycles. The van der Waals surface area contributed by atoms with E-state index in [1.807, 2.05) is 0 Å². The predicted molar refractivity (Wildman–Crippen MR) is 50.7 cm³/mol. The van der Waals surface area contributed by atoms with Gasteiger partial charge in [0.2, 0.25) is 0 Å². The Balaban J connectivity index is 2.06. The molecule has 0 unspecified atom stereocenters. The van der Waals surface area contributed by atoms with Gasteiger partial charge in [-0.1, -0.05) is 31.9 Å². The second kappa shape index (κ2) is 4.68. The number of allylic oxidation sites excluding steroid dienone is 2. The van der Waals surface area contributed by atoms with E-state index in [2.05, 4.69) is 19.1 Å². The summed E-state index contributed by atoms with van der Waals surface area (Å²) in [5.41, 5.74) is 0. The fourth-order valence-electron chi connectivity index (χ4n) is 1.39. The monoisotopic (exact) mass is 168 g/mol. The Morgan fingerprint density at radius 1 is 1.50 bits per heavy atom. The van der Waals surface area contributed by atoms with Gasteiger partial charge in [0.25, 0.3) is 0 Å². The van der Waals surface area contributed by atoms with Gasteiger partial charge in [-0.3, -0.25) is 0 Å².